The van der Waals surface area contributed by atoms with Crippen LogP contribution in [0.3, 0.4) is 0 Å². The van der Waals surface area contributed by atoms with E-state index in [1.807, 2.05) is 0 Å². The van der Waals surface area contributed by atoms with Crippen LogP contribution in [0.15, 0.2) is 18.2 Å². The van der Waals surface area contributed by atoms with Gasteiger partial charge in [0.25, 0.3) is 0 Å². The van der Waals surface area contributed by atoms with Crippen molar-refractivity contribution in [1.29, 1.82) is 0 Å². The average Bonchev–Trinajstić information content (AvgIpc) is 2.65. The van der Waals surface area contributed by atoms with Crippen molar-refractivity contribution in [3.05, 3.63) is 33.8 Å². The average molecular weight is 304 g/mol. The van der Waals surface area contributed by atoms with Crippen LogP contribution in [0.5, 0.6) is 0 Å². The van der Waals surface area contributed by atoms with Crippen LogP contribution in [-0.4, -0.2) is 21.0 Å². The van der Waals surface area contributed by atoms with Crippen molar-refractivity contribution in [2.45, 2.75) is 19.1 Å². The molecule has 5 heteroatoms. The molecule has 0 saturated heterocycles. The summed E-state index contributed by atoms with van der Waals surface area (Å²) in [4.78, 5) is 0. The van der Waals surface area contributed by atoms with Gasteiger partial charge in [0.05, 0.1) is 0 Å². The third kappa shape index (κ3) is 1.92. The van der Waals surface area contributed by atoms with E-state index in [0.29, 0.717) is 0 Å². The Labute approximate surface area is 102 Å². The van der Waals surface area contributed by atoms with Gasteiger partial charge in [-0.2, -0.15) is 0 Å². The Hall–Kier alpha value is -0.771. The van der Waals surface area contributed by atoms with Crippen LogP contribution < -0.4 is 5.32 Å². The van der Waals surface area contributed by atoms with E-state index in [0.717, 1.165) is 29.2 Å². The Morgan fingerprint density at radius 2 is 2.06 bits per heavy atom. The number of halogens is 3. The van der Waals surface area contributed by atoms with Crippen LogP contribution in [0, 0.1) is 0 Å². The monoisotopic (exact) mass is 305 g/mol. The molecule has 0 spiro atoms. The Bertz CT molecular complexity index is 571. The van der Waals surface area contributed by atoms with Crippen molar-refractivity contribution in [2.24, 2.45) is 0 Å². The van der Waals surface area contributed by atoms with Crippen molar-refractivity contribution in [1.82, 2.24) is 5.32 Å². The zero-order valence-corrected chi connectivity index (χ0v) is 10.6. The van der Waals surface area contributed by atoms with Gasteiger partial charge in [0.15, 0.2) is 0 Å². The topological polar surface area (TPSA) is 12.0 Å². The van der Waals surface area contributed by atoms with E-state index < -0.39 is 11.7 Å². The Morgan fingerprint density at radius 1 is 1.24 bits per heavy atom. The van der Waals surface area contributed by atoms with Gasteiger partial charge in [-0.3, -0.25) is 0 Å². The molecule has 0 amide bonds. The second kappa shape index (κ2) is 3.87. The number of hydrogen-bond acceptors (Lipinski definition) is 1. The number of benzene rings is 1. The van der Waals surface area contributed by atoms with Crippen molar-refractivity contribution in [2.75, 3.05) is 6.54 Å². The Balaban J connectivity index is 2.18. The molecule has 0 aliphatic carbocycles. The molecule has 2 heterocycles. The molecule has 1 N–H and O–H groups in total. The van der Waals surface area contributed by atoms with Gasteiger partial charge in [-0.05, 0) is 0 Å². The van der Waals surface area contributed by atoms with Gasteiger partial charge >= 0.3 is 102 Å². The summed E-state index contributed by atoms with van der Waals surface area (Å²) in [6.45, 7) is 1.76. The van der Waals surface area contributed by atoms with Crippen LogP contribution in [0.1, 0.15) is 15.6 Å². The molecule has 3 rings (SSSR count). The van der Waals surface area contributed by atoms with E-state index >= 15 is 0 Å². The molecule has 0 saturated carbocycles. The SMILES string of the molecule is FC(F)(F)c1ccc2c3c([se]c2c1)CNCC3. The van der Waals surface area contributed by atoms with E-state index in [1.165, 1.54) is 22.1 Å². The van der Waals surface area contributed by atoms with Crippen molar-refractivity contribution < 1.29 is 13.2 Å². The van der Waals surface area contributed by atoms with Gasteiger partial charge in [-0.15, -0.1) is 0 Å². The molecule has 2 aromatic rings. The summed E-state index contributed by atoms with van der Waals surface area (Å²) in [5, 5.41) is 4.32. The van der Waals surface area contributed by atoms with E-state index in [2.05, 4.69) is 5.32 Å². The van der Waals surface area contributed by atoms with Crippen molar-refractivity contribution >= 4 is 24.1 Å². The predicted molar refractivity (Wildman–Crippen MR) is 61.3 cm³/mol. The summed E-state index contributed by atoms with van der Waals surface area (Å²) in [6, 6.07) is 4.17. The van der Waals surface area contributed by atoms with Crippen molar-refractivity contribution in [3.63, 3.8) is 0 Å². The van der Waals surface area contributed by atoms with Crippen LogP contribution in [0.4, 0.5) is 13.2 Å². The number of alkyl halides is 3. The van der Waals surface area contributed by atoms with E-state index in [4.69, 9.17) is 0 Å². The fourth-order valence-electron chi connectivity index (χ4n) is 2.21. The summed E-state index contributed by atoms with van der Waals surface area (Å²) in [5.74, 6) is 0. The zero-order chi connectivity index (χ0) is 12.0. The molecule has 90 valence electrons. The fraction of sp³-hybridized carbons (Fsp3) is 0.333. The fourth-order valence-corrected chi connectivity index (χ4v) is 4.86. The molecule has 1 nitrogen and oxygen atoms in total. The molecular formula is C12H10F3NSe. The second-order valence-electron chi connectivity index (χ2n) is 4.14. The summed E-state index contributed by atoms with van der Waals surface area (Å²) >= 11 is 0.0688. The molecule has 0 radical (unpaired) electrons. The molecule has 0 unspecified atom stereocenters. The molecule has 1 aliphatic rings. The second-order valence-corrected chi connectivity index (χ2v) is 6.52. The normalized spacial score (nSPS) is 16.2. The maximum absolute atomic E-state index is 12.6. The minimum atomic E-state index is -4.23. The molecule has 17 heavy (non-hydrogen) atoms. The molecule has 1 aromatic carbocycles. The quantitative estimate of drug-likeness (QED) is 0.738. The third-order valence-electron chi connectivity index (χ3n) is 3.04. The molecular weight excluding hydrogens is 294 g/mol. The van der Waals surface area contributed by atoms with Crippen LogP contribution in [0.2, 0.25) is 0 Å². The van der Waals surface area contributed by atoms with Gasteiger partial charge in [0.2, 0.25) is 0 Å². The van der Waals surface area contributed by atoms with E-state index in [1.54, 1.807) is 6.07 Å². The number of fused-ring (bicyclic) bond motifs is 3. The first-order valence-corrected chi connectivity index (χ1v) is 7.09. The van der Waals surface area contributed by atoms with Gasteiger partial charge in [-0.1, -0.05) is 0 Å². The van der Waals surface area contributed by atoms with Crippen LogP contribution in [0.25, 0.3) is 9.65 Å². The first-order valence-electron chi connectivity index (χ1n) is 5.38. The van der Waals surface area contributed by atoms with E-state index in [-0.39, 0.29) is 14.5 Å². The first-order chi connectivity index (χ1) is 8.05. The zero-order valence-electron chi connectivity index (χ0n) is 8.90. The predicted octanol–water partition coefficient (Wildman–Crippen LogP) is 2.56. The van der Waals surface area contributed by atoms with Crippen molar-refractivity contribution in [3.8, 4) is 0 Å². The van der Waals surface area contributed by atoms with E-state index in [9.17, 15) is 13.2 Å². The number of nitrogens with one attached hydrogen (secondary N) is 1. The molecule has 0 bridgehead atoms. The van der Waals surface area contributed by atoms with Gasteiger partial charge in [-0.25, -0.2) is 0 Å². The molecule has 0 atom stereocenters. The third-order valence-corrected chi connectivity index (χ3v) is 5.55. The minimum absolute atomic E-state index is 0.0688. The number of rotatable bonds is 0. The molecule has 1 aliphatic heterocycles. The first kappa shape index (κ1) is 11.3. The summed E-state index contributed by atoms with van der Waals surface area (Å²) in [6.07, 6.45) is -3.29. The summed E-state index contributed by atoms with van der Waals surface area (Å²) in [5.41, 5.74) is 0.762. The standard InChI is InChI=1S/C12H10F3NSe/c13-12(14,15)7-1-2-8-9-3-4-16-6-11(9)17-10(8)5-7/h1-2,5,16H,3-4,6H2. The van der Waals surface area contributed by atoms with Crippen LogP contribution >= 0.6 is 0 Å². The summed E-state index contributed by atoms with van der Waals surface area (Å²) < 4.78 is 40.0. The van der Waals surface area contributed by atoms with Crippen LogP contribution in [-0.2, 0) is 19.1 Å². The van der Waals surface area contributed by atoms with Gasteiger partial charge in [0, 0.05) is 0 Å². The molecule has 1 aromatic heterocycles. The Kier molecular flexibility index (Phi) is 2.58. The van der Waals surface area contributed by atoms with Gasteiger partial charge in [0.1, 0.15) is 0 Å². The van der Waals surface area contributed by atoms with Gasteiger partial charge < -0.3 is 0 Å². The maximum atomic E-state index is 12.6. The number of hydrogen-bond donors (Lipinski definition) is 1. The summed E-state index contributed by atoms with van der Waals surface area (Å²) in [7, 11) is 0. The Morgan fingerprint density at radius 3 is 2.82 bits per heavy atom. The molecule has 0 fully saturated rings.